The number of hydrogen-bond donors (Lipinski definition) is 3. The van der Waals surface area contributed by atoms with E-state index in [0.717, 1.165) is 16.9 Å². The zero-order valence-electron chi connectivity index (χ0n) is 17.0. The normalized spacial score (nSPS) is 11.8. The van der Waals surface area contributed by atoms with Gasteiger partial charge in [-0.3, -0.25) is 9.79 Å². The first-order chi connectivity index (χ1) is 13.5. The maximum absolute atomic E-state index is 10.8. The van der Waals surface area contributed by atoms with Crippen LogP contribution in [0.3, 0.4) is 0 Å². The highest BCUT2D eigenvalue weighted by Gasteiger charge is 2.06. The van der Waals surface area contributed by atoms with Gasteiger partial charge in [0.05, 0.1) is 6.54 Å². The summed E-state index contributed by atoms with van der Waals surface area (Å²) in [6.07, 6.45) is -0.0223. The number of aryl methyl sites for hydroxylation is 1. The second kappa shape index (κ2) is 12.9. The van der Waals surface area contributed by atoms with Crippen LogP contribution in [-0.4, -0.2) is 38.2 Å². The van der Waals surface area contributed by atoms with E-state index in [2.05, 4.69) is 15.6 Å². The van der Waals surface area contributed by atoms with Gasteiger partial charge in [0.25, 0.3) is 5.91 Å². The summed E-state index contributed by atoms with van der Waals surface area (Å²) in [6, 6.07) is 15.4. The molecule has 2 rings (SSSR count). The predicted octanol–water partition coefficient (Wildman–Crippen LogP) is 2.61. The number of guanidine groups is 1. The molecule has 2 aromatic rings. The molecular formula is C21H29IN4O3. The zero-order chi connectivity index (χ0) is 20.4. The molecule has 0 radical (unpaired) electrons. The summed E-state index contributed by atoms with van der Waals surface area (Å²) in [5, 5.41) is 6.49. The van der Waals surface area contributed by atoms with Crippen LogP contribution in [0.1, 0.15) is 18.1 Å². The van der Waals surface area contributed by atoms with E-state index < -0.39 is 5.91 Å². The Bertz CT molecular complexity index is 814. The van der Waals surface area contributed by atoms with Gasteiger partial charge in [-0.15, -0.1) is 24.0 Å². The van der Waals surface area contributed by atoms with E-state index in [4.69, 9.17) is 15.2 Å². The third-order valence-corrected chi connectivity index (χ3v) is 3.85. The number of carbonyl (C=O) groups is 1. The van der Waals surface area contributed by atoms with Crippen molar-refractivity contribution in [1.82, 2.24) is 10.6 Å². The van der Waals surface area contributed by atoms with Crippen LogP contribution in [0.15, 0.2) is 53.5 Å². The van der Waals surface area contributed by atoms with Crippen molar-refractivity contribution in [2.45, 2.75) is 26.5 Å². The topological polar surface area (TPSA) is 98.0 Å². The van der Waals surface area contributed by atoms with E-state index in [9.17, 15) is 4.79 Å². The Morgan fingerprint density at radius 2 is 1.86 bits per heavy atom. The van der Waals surface area contributed by atoms with Crippen LogP contribution < -0.4 is 25.8 Å². The lowest BCUT2D eigenvalue weighted by Gasteiger charge is -2.18. The summed E-state index contributed by atoms with van der Waals surface area (Å²) in [7, 11) is 1.72. The van der Waals surface area contributed by atoms with Crippen molar-refractivity contribution in [1.29, 1.82) is 0 Å². The SMILES string of the molecule is CN=C(NCc1cccc(OCC(N)=O)c1)NCC(C)Oc1cccc(C)c1.I. The molecule has 1 atom stereocenters. The number of rotatable bonds is 9. The Labute approximate surface area is 189 Å². The fraction of sp³-hybridized carbons (Fsp3) is 0.333. The average molecular weight is 512 g/mol. The lowest BCUT2D eigenvalue weighted by atomic mass is 10.2. The Morgan fingerprint density at radius 1 is 1.14 bits per heavy atom. The van der Waals surface area contributed by atoms with Crippen molar-refractivity contribution >= 4 is 35.8 Å². The highest BCUT2D eigenvalue weighted by Crippen LogP contribution is 2.14. The largest absolute Gasteiger partial charge is 0.489 e. The third-order valence-electron chi connectivity index (χ3n) is 3.85. The van der Waals surface area contributed by atoms with Gasteiger partial charge in [-0.2, -0.15) is 0 Å². The molecule has 29 heavy (non-hydrogen) atoms. The Kier molecular flexibility index (Phi) is 10.9. The van der Waals surface area contributed by atoms with Gasteiger partial charge >= 0.3 is 0 Å². The zero-order valence-corrected chi connectivity index (χ0v) is 19.3. The smallest absolute Gasteiger partial charge is 0.255 e. The first-order valence-electron chi connectivity index (χ1n) is 9.14. The molecule has 0 bridgehead atoms. The first-order valence-corrected chi connectivity index (χ1v) is 9.14. The Balaban J connectivity index is 0.00000420. The van der Waals surface area contributed by atoms with Crippen LogP contribution in [0.2, 0.25) is 0 Å². The number of nitrogens with two attached hydrogens (primary N) is 1. The molecule has 0 saturated carbocycles. The quantitative estimate of drug-likeness (QED) is 0.273. The standard InChI is InChI=1S/C21H28N4O3.HI/c1-15-6-4-9-19(10-15)28-16(2)12-24-21(23-3)25-13-17-7-5-8-18(11-17)27-14-20(22)26;/h4-11,16H,12-14H2,1-3H3,(H2,22,26)(H2,23,24,25);1H. The van der Waals surface area contributed by atoms with E-state index >= 15 is 0 Å². The fourth-order valence-corrected chi connectivity index (χ4v) is 2.51. The fourth-order valence-electron chi connectivity index (χ4n) is 2.51. The molecule has 0 fully saturated rings. The van der Waals surface area contributed by atoms with Gasteiger partial charge in [-0.05, 0) is 49.2 Å². The summed E-state index contributed by atoms with van der Waals surface area (Å²) >= 11 is 0. The van der Waals surface area contributed by atoms with Crippen LogP contribution in [0.5, 0.6) is 11.5 Å². The van der Waals surface area contributed by atoms with E-state index in [-0.39, 0.29) is 36.7 Å². The third kappa shape index (κ3) is 9.51. The predicted molar refractivity (Wildman–Crippen MR) is 126 cm³/mol. The van der Waals surface area contributed by atoms with Crippen molar-refractivity contribution in [3.8, 4) is 11.5 Å². The van der Waals surface area contributed by atoms with Crippen molar-refractivity contribution in [3.05, 3.63) is 59.7 Å². The minimum atomic E-state index is -0.505. The molecule has 0 saturated heterocycles. The van der Waals surface area contributed by atoms with Crippen molar-refractivity contribution < 1.29 is 14.3 Å². The van der Waals surface area contributed by atoms with Crippen molar-refractivity contribution in [2.24, 2.45) is 10.7 Å². The average Bonchev–Trinajstić information content (AvgIpc) is 2.67. The number of amides is 1. The second-order valence-corrected chi connectivity index (χ2v) is 6.45. The number of carbonyl (C=O) groups excluding carboxylic acids is 1. The minimum Gasteiger partial charge on any atom is -0.489 e. The number of aliphatic imine (C=N–C) groups is 1. The van der Waals surface area contributed by atoms with Crippen LogP contribution in [0.4, 0.5) is 0 Å². The van der Waals surface area contributed by atoms with Gasteiger partial charge in [-0.1, -0.05) is 24.3 Å². The summed E-state index contributed by atoms with van der Waals surface area (Å²) in [4.78, 5) is 15.0. The molecular weight excluding hydrogens is 483 g/mol. The Hall–Kier alpha value is -2.49. The van der Waals surface area contributed by atoms with Crippen LogP contribution in [0, 0.1) is 6.92 Å². The van der Waals surface area contributed by atoms with Crippen LogP contribution >= 0.6 is 24.0 Å². The summed E-state index contributed by atoms with van der Waals surface area (Å²) in [5.41, 5.74) is 7.26. The number of ether oxygens (including phenoxy) is 2. The summed E-state index contributed by atoms with van der Waals surface area (Å²) in [6.45, 7) is 5.06. The molecule has 0 spiro atoms. The number of hydrogen-bond acceptors (Lipinski definition) is 4. The highest BCUT2D eigenvalue weighted by molar-refractivity contribution is 14.0. The minimum absolute atomic E-state index is 0. The lowest BCUT2D eigenvalue weighted by Crippen LogP contribution is -2.41. The van der Waals surface area contributed by atoms with E-state index in [1.54, 1.807) is 13.1 Å². The molecule has 0 heterocycles. The molecule has 0 aromatic heterocycles. The number of benzene rings is 2. The molecule has 4 N–H and O–H groups in total. The van der Waals surface area contributed by atoms with E-state index in [0.29, 0.717) is 24.8 Å². The van der Waals surface area contributed by atoms with Crippen LogP contribution in [-0.2, 0) is 11.3 Å². The molecule has 8 heteroatoms. The Morgan fingerprint density at radius 3 is 2.55 bits per heavy atom. The first kappa shape index (κ1) is 24.5. The number of primary amides is 1. The van der Waals surface area contributed by atoms with E-state index in [1.807, 2.05) is 56.3 Å². The number of halogens is 1. The number of nitrogens with one attached hydrogen (secondary N) is 2. The molecule has 1 unspecified atom stereocenters. The molecule has 0 aliphatic heterocycles. The van der Waals surface area contributed by atoms with Crippen molar-refractivity contribution in [2.75, 3.05) is 20.2 Å². The maximum atomic E-state index is 10.8. The molecule has 2 aromatic carbocycles. The van der Waals surface area contributed by atoms with Crippen molar-refractivity contribution in [3.63, 3.8) is 0 Å². The molecule has 0 aliphatic rings. The summed E-state index contributed by atoms with van der Waals surface area (Å²) in [5.74, 6) is 1.62. The highest BCUT2D eigenvalue weighted by atomic mass is 127. The number of nitrogens with zero attached hydrogens (tertiary/aromatic N) is 1. The van der Waals surface area contributed by atoms with Gasteiger partial charge in [0.1, 0.15) is 17.6 Å². The molecule has 7 nitrogen and oxygen atoms in total. The molecule has 158 valence electrons. The van der Waals surface area contributed by atoms with Crippen LogP contribution in [0.25, 0.3) is 0 Å². The monoisotopic (exact) mass is 512 g/mol. The van der Waals surface area contributed by atoms with Gasteiger partial charge in [0.2, 0.25) is 0 Å². The second-order valence-electron chi connectivity index (χ2n) is 6.45. The lowest BCUT2D eigenvalue weighted by molar-refractivity contribution is -0.119. The molecule has 1 amide bonds. The maximum Gasteiger partial charge on any atom is 0.255 e. The molecule has 0 aliphatic carbocycles. The van der Waals surface area contributed by atoms with Gasteiger partial charge in [-0.25, -0.2) is 0 Å². The van der Waals surface area contributed by atoms with Gasteiger partial charge in [0, 0.05) is 13.6 Å². The van der Waals surface area contributed by atoms with E-state index in [1.165, 1.54) is 0 Å². The van der Waals surface area contributed by atoms with Gasteiger partial charge in [0.15, 0.2) is 12.6 Å². The van der Waals surface area contributed by atoms with Gasteiger partial charge < -0.3 is 25.8 Å². The summed E-state index contributed by atoms with van der Waals surface area (Å²) < 4.78 is 11.2.